The van der Waals surface area contributed by atoms with E-state index in [0.29, 0.717) is 23.6 Å². The zero-order valence-corrected chi connectivity index (χ0v) is 17.5. The van der Waals surface area contributed by atoms with E-state index in [2.05, 4.69) is 34.8 Å². The molecule has 0 atom stereocenters. The summed E-state index contributed by atoms with van der Waals surface area (Å²) in [6.07, 6.45) is 4.00. The van der Waals surface area contributed by atoms with E-state index in [-0.39, 0.29) is 5.56 Å². The Hall–Kier alpha value is -2.12. The molecule has 0 N–H and O–H groups in total. The fraction of sp³-hybridized carbons (Fsp3) is 0.250. The van der Waals surface area contributed by atoms with Crippen molar-refractivity contribution in [2.24, 2.45) is 5.92 Å². The third kappa shape index (κ3) is 3.80. The number of pyridine rings is 1. The zero-order chi connectivity index (χ0) is 19.0. The summed E-state index contributed by atoms with van der Waals surface area (Å²) in [5, 5.41) is 1.38. The lowest BCUT2D eigenvalue weighted by Crippen LogP contribution is -2.25. The highest BCUT2D eigenvalue weighted by molar-refractivity contribution is 9.10. The molecule has 0 fully saturated rings. The minimum absolute atomic E-state index is 0.00695. The first-order valence-corrected chi connectivity index (χ1v) is 10.5. The molecule has 7 heteroatoms. The molecule has 0 amide bonds. The number of benzene rings is 1. The molecule has 0 aliphatic carbocycles. The summed E-state index contributed by atoms with van der Waals surface area (Å²) in [6.45, 7) is 4.85. The van der Waals surface area contributed by atoms with Crippen LogP contribution in [0.1, 0.15) is 19.5 Å². The molecule has 3 aromatic heterocycles. The van der Waals surface area contributed by atoms with Crippen LogP contribution in [0.25, 0.3) is 16.6 Å². The van der Waals surface area contributed by atoms with Crippen LogP contribution in [-0.2, 0) is 12.3 Å². The number of halogens is 1. The molecule has 0 aliphatic heterocycles. The highest BCUT2D eigenvalue weighted by Gasteiger charge is 2.14. The maximum absolute atomic E-state index is 13.1. The molecule has 0 unspecified atom stereocenters. The van der Waals surface area contributed by atoms with Gasteiger partial charge in [0.05, 0.1) is 16.6 Å². The minimum atomic E-state index is 0.00695. The lowest BCUT2D eigenvalue weighted by molar-refractivity contribution is 0.475. The largest absolute Gasteiger partial charge is 0.307 e. The van der Waals surface area contributed by atoms with Crippen LogP contribution >= 0.6 is 27.7 Å². The van der Waals surface area contributed by atoms with Crippen molar-refractivity contribution in [1.29, 1.82) is 0 Å². The number of imidazole rings is 1. The fourth-order valence-corrected chi connectivity index (χ4v) is 4.26. The van der Waals surface area contributed by atoms with Gasteiger partial charge in [-0.1, -0.05) is 47.6 Å². The van der Waals surface area contributed by atoms with Crippen LogP contribution in [-0.4, -0.2) is 18.9 Å². The van der Waals surface area contributed by atoms with Crippen molar-refractivity contribution in [3.63, 3.8) is 0 Å². The molecule has 4 rings (SSSR count). The molecular formula is C20H19BrN4OS. The maximum atomic E-state index is 13.1. The molecule has 0 bridgehead atoms. The van der Waals surface area contributed by atoms with E-state index < -0.39 is 0 Å². The number of hydrogen-bond acceptors (Lipinski definition) is 4. The minimum Gasteiger partial charge on any atom is -0.307 e. The summed E-state index contributed by atoms with van der Waals surface area (Å²) in [7, 11) is 0. The van der Waals surface area contributed by atoms with Crippen molar-refractivity contribution in [1.82, 2.24) is 18.9 Å². The molecule has 0 saturated heterocycles. The second-order valence-corrected chi connectivity index (χ2v) is 8.71. The highest BCUT2D eigenvalue weighted by atomic mass is 79.9. The Morgan fingerprint density at radius 1 is 1.19 bits per heavy atom. The van der Waals surface area contributed by atoms with Crippen LogP contribution in [0, 0.1) is 5.92 Å². The summed E-state index contributed by atoms with van der Waals surface area (Å²) in [5.41, 5.74) is 2.62. The van der Waals surface area contributed by atoms with Crippen LogP contribution < -0.4 is 5.56 Å². The van der Waals surface area contributed by atoms with E-state index >= 15 is 0 Å². The Labute approximate surface area is 169 Å². The highest BCUT2D eigenvalue weighted by Crippen LogP contribution is 2.24. The molecule has 1 aromatic carbocycles. The fourth-order valence-electron chi connectivity index (χ4n) is 3.00. The van der Waals surface area contributed by atoms with E-state index in [1.165, 1.54) is 0 Å². The molecular weight excluding hydrogens is 424 g/mol. The lowest BCUT2D eigenvalue weighted by Gasteiger charge is -2.14. The van der Waals surface area contributed by atoms with Crippen LogP contribution in [0.2, 0.25) is 0 Å². The van der Waals surface area contributed by atoms with E-state index in [0.717, 1.165) is 26.5 Å². The molecule has 3 heterocycles. The first kappa shape index (κ1) is 18.3. The van der Waals surface area contributed by atoms with Gasteiger partial charge < -0.3 is 4.40 Å². The van der Waals surface area contributed by atoms with Gasteiger partial charge in [0.15, 0.2) is 5.16 Å². The maximum Gasteiger partial charge on any atom is 0.262 e. The topological polar surface area (TPSA) is 52.2 Å². The molecule has 0 aliphatic rings. The third-order valence-electron chi connectivity index (χ3n) is 4.19. The van der Waals surface area contributed by atoms with Crippen molar-refractivity contribution in [3.8, 4) is 0 Å². The van der Waals surface area contributed by atoms with Crippen LogP contribution in [0.4, 0.5) is 0 Å². The van der Waals surface area contributed by atoms with Crippen molar-refractivity contribution in [2.75, 3.05) is 0 Å². The zero-order valence-electron chi connectivity index (χ0n) is 15.1. The van der Waals surface area contributed by atoms with Gasteiger partial charge in [0, 0.05) is 29.2 Å². The molecule has 5 nitrogen and oxygen atoms in total. The molecule has 0 radical (unpaired) electrons. The average molecular weight is 443 g/mol. The van der Waals surface area contributed by atoms with Crippen molar-refractivity contribution in [2.45, 2.75) is 31.3 Å². The second kappa shape index (κ2) is 7.48. The number of rotatable bonds is 5. The monoisotopic (exact) mass is 442 g/mol. The molecule has 0 saturated carbocycles. The summed E-state index contributed by atoms with van der Waals surface area (Å²) >= 11 is 5.00. The van der Waals surface area contributed by atoms with E-state index in [9.17, 15) is 4.79 Å². The number of aromatic nitrogens is 4. The van der Waals surface area contributed by atoms with E-state index in [1.54, 1.807) is 16.3 Å². The average Bonchev–Trinajstić information content (AvgIpc) is 3.06. The standard InChI is InChI=1S/C20H19BrN4OS/c1-13(2)10-25-19(26)16-9-14(21)6-7-17(16)23-20(25)27-12-15-11-24-8-4-3-5-18(24)22-15/h3-9,11,13H,10,12H2,1-2H3. The Bertz CT molecular complexity index is 1150. The van der Waals surface area contributed by atoms with Crippen molar-refractivity contribution >= 4 is 44.2 Å². The number of hydrogen-bond donors (Lipinski definition) is 0. The van der Waals surface area contributed by atoms with Crippen molar-refractivity contribution in [3.05, 3.63) is 69.3 Å². The smallest absolute Gasteiger partial charge is 0.262 e. The summed E-state index contributed by atoms with van der Waals surface area (Å²) < 4.78 is 4.68. The number of fused-ring (bicyclic) bond motifs is 2. The first-order chi connectivity index (χ1) is 13.0. The van der Waals surface area contributed by atoms with Crippen LogP contribution in [0.15, 0.2) is 63.2 Å². The quantitative estimate of drug-likeness (QED) is 0.330. The van der Waals surface area contributed by atoms with Gasteiger partial charge in [0.25, 0.3) is 5.56 Å². The van der Waals surface area contributed by atoms with E-state index in [1.807, 2.05) is 53.2 Å². The van der Waals surface area contributed by atoms with Gasteiger partial charge >= 0.3 is 0 Å². The lowest BCUT2D eigenvalue weighted by atomic mass is 10.2. The first-order valence-electron chi connectivity index (χ1n) is 8.77. The predicted octanol–water partition coefficient (Wildman–Crippen LogP) is 4.76. The Morgan fingerprint density at radius 2 is 2.04 bits per heavy atom. The van der Waals surface area contributed by atoms with Gasteiger partial charge in [-0.15, -0.1) is 0 Å². The van der Waals surface area contributed by atoms with Gasteiger partial charge in [0.1, 0.15) is 5.65 Å². The second-order valence-electron chi connectivity index (χ2n) is 6.85. The van der Waals surface area contributed by atoms with Gasteiger partial charge in [-0.3, -0.25) is 9.36 Å². The summed E-state index contributed by atoms with van der Waals surface area (Å²) in [6, 6.07) is 11.6. The van der Waals surface area contributed by atoms with Gasteiger partial charge in [-0.25, -0.2) is 9.97 Å². The third-order valence-corrected chi connectivity index (χ3v) is 5.70. The van der Waals surface area contributed by atoms with Crippen LogP contribution in [0.5, 0.6) is 0 Å². The molecule has 138 valence electrons. The van der Waals surface area contributed by atoms with Gasteiger partial charge in [0.2, 0.25) is 0 Å². The predicted molar refractivity (Wildman–Crippen MR) is 113 cm³/mol. The van der Waals surface area contributed by atoms with Crippen LogP contribution in [0.3, 0.4) is 0 Å². The number of thioether (sulfide) groups is 1. The SMILES string of the molecule is CC(C)Cn1c(SCc2cn3ccccc3n2)nc2ccc(Br)cc2c1=O. The Balaban J connectivity index is 1.72. The van der Waals surface area contributed by atoms with E-state index in [4.69, 9.17) is 4.98 Å². The molecule has 4 aromatic rings. The Kier molecular flexibility index (Phi) is 5.06. The summed E-state index contributed by atoms with van der Waals surface area (Å²) in [4.78, 5) is 22.5. The number of nitrogens with zero attached hydrogens (tertiary/aromatic N) is 4. The molecule has 27 heavy (non-hydrogen) atoms. The normalized spacial score (nSPS) is 11.7. The van der Waals surface area contributed by atoms with Gasteiger partial charge in [-0.05, 0) is 36.2 Å². The van der Waals surface area contributed by atoms with Crippen molar-refractivity contribution < 1.29 is 0 Å². The Morgan fingerprint density at radius 3 is 2.81 bits per heavy atom. The summed E-state index contributed by atoms with van der Waals surface area (Å²) in [5.74, 6) is 1.01. The molecule has 0 spiro atoms. The van der Waals surface area contributed by atoms with Gasteiger partial charge in [-0.2, -0.15) is 0 Å².